The summed E-state index contributed by atoms with van der Waals surface area (Å²) < 4.78 is 11.3. The third-order valence-corrected chi connectivity index (χ3v) is 5.47. The fourth-order valence-electron chi connectivity index (χ4n) is 3.67. The molecule has 0 unspecified atom stereocenters. The molecule has 0 bridgehead atoms. The van der Waals surface area contributed by atoms with Crippen LogP contribution >= 0.6 is 11.6 Å². The Balaban J connectivity index is 1.55. The van der Waals surface area contributed by atoms with Gasteiger partial charge in [-0.2, -0.15) is 0 Å². The lowest BCUT2D eigenvalue weighted by molar-refractivity contribution is 0.0302. The van der Waals surface area contributed by atoms with Crippen molar-refractivity contribution in [3.05, 3.63) is 64.8 Å². The lowest BCUT2D eigenvalue weighted by Gasteiger charge is -2.26. The summed E-state index contributed by atoms with van der Waals surface area (Å²) in [5.41, 5.74) is 1.52. The van der Waals surface area contributed by atoms with Crippen LogP contribution in [0.25, 0.3) is 10.8 Å². The van der Waals surface area contributed by atoms with Gasteiger partial charge < -0.3 is 19.7 Å². The zero-order chi connectivity index (χ0) is 21.8. The number of aromatic nitrogens is 1. The number of fused-ring (bicyclic) bond motifs is 1. The third-order valence-electron chi connectivity index (χ3n) is 5.18. The molecule has 1 fully saturated rings. The molecular formula is C24H26ClN3O3. The first kappa shape index (κ1) is 21.4. The highest BCUT2D eigenvalue weighted by Gasteiger charge is 2.20. The van der Waals surface area contributed by atoms with Crippen molar-refractivity contribution in [2.45, 2.75) is 26.5 Å². The van der Waals surface area contributed by atoms with E-state index in [2.05, 4.69) is 28.5 Å². The standard InChI is InChI=1S/C24H26ClN3O3/c1-16(2)31-22-8-7-17-5-3-4-6-19(17)20(22)15-27-23-21(25)13-18(14-26-23)24(29)28-9-11-30-12-10-28/h3-8,13-14,16H,9-12,15H2,1-2H3,(H,26,27). The minimum atomic E-state index is -0.0778. The number of nitrogens with zero attached hydrogens (tertiary/aromatic N) is 2. The second-order valence-electron chi connectivity index (χ2n) is 7.74. The number of morpholine rings is 1. The van der Waals surface area contributed by atoms with Crippen molar-refractivity contribution in [1.29, 1.82) is 0 Å². The summed E-state index contributed by atoms with van der Waals surface area (Å²) in [6.07, 6.45) is 1.63. The number of hydrogen-bond donors (Lipinski definition) is 1. The van der Waals surface area contributed by atoms with Crippen LogP contribution in [-0.4, -0.2) is 48.2 Å². The van der Waals surface area contributed by atoms with E-state index in [1.165, 1.54) is 0 Å². The Morgan fingerprint density at radius 2 is 2.00 bits per heavy atom. The van der Waals surface area contributed by atoms with Crippen LogP contribution in [0.2, 0.25) is 5.02 Å². The van der Waals surface area contributed by atoms with Gasteiger partial charge in [0.1, 0.15) is 11.6 Å². The highest BCUT2D eigenvalue weighted by Crippen LogP contribution is 2.30. The molecule has 4 rings (SSSR count). The van der Waals surface area contributed by atoms with Crippen molar-refractivity contribution in [2.24, 2.45) is 0 Å². The second-order valence-corrected chi connectivity index (χ2v) is 8.15. The van der Waals surface area contributed by atoms with Crippen LogP contribution in [0.15, 0.2) is 48.7 Å². The maximum absolute atomic E-state index is 12.7. The number of rotatable bonds is 6. The highest BCUT2D eigenvalue weighted by atomic mass is 35.5. The van der Waals surface area contributed by atoms with Crippen molar-refractivity contribution in [3.63, 3.8) is 0 Å². The molecule has 1 saturated heterocycles. The second kappa shape index (κ2) is 9.54. The van der Waals surface area contributed by atoms with Gasteiger partial charge in [0.05, 0.1) is 29.9 Å². The van der Waals surface area contributed by atoms with Gasteiger partial charge in [-0.3, -0.25) is 4.79 Å². The normalized spacial score (nSPS) is 14.1. The number of halogens is 1. The number of hydrogen-bond acceptors (Lipinski definition) is 5. The van der Waals surface area contributed by atoms with E-state index in [9.17, 15) is 4.79 Å². The zero-order valence-electron chi connectivity index (χ0n) is 17.7. The summed E-state index contributed by atoms with van der Waals surface area (Å²) >= 11 is 6.47. The number of ether oxygens (including phenoxy) is 2. The molecule has 0 radical (unpaired) electrons. The third kappa shape index (κ3) is 4.92. The SMILES string of the molecule is CC(C)Oc1ccc2ccccc2c1CNc1ncc(C(=O)N2CCOCC2)cc1Cl. The maximum Gasteiger partial charge on any atom is 0.255 e. The number of pyridine rings is 1. The predicted octanol–water partition coefficient (Wildman–Crippen LogP) is 4.76. The molecule has 0 aliphatic carbocycles. The molecule has 6 nitrogen and oxygen atoms in total. The van der Waals surface area contributed by atoms with Crippen LogP contribution in [0, 0.1) is 0 Å². The zero-order valence-corrected chi connectivity index (χ0v) is 18.5. The molecular weight excluding hydrogens is 414 g/mol. The van der Waals surface area contributed by atoms with E-state index in [-0.39, 0.29) is 12.0 Å². The van der Waals surface area contributed by atoms with Crippen LogP contribution in [0.3, 0.4) is 0 Å². The molecule has 7 heteroatoms. The van der Waals surface area contributed by atoms with Gasteiger partial charge in [0.2, 0.25) is 0 Å². The van der Waals surface area contributed by atoms with E-state index in [1.54, 1.807) is 17.2 Å². The largest absolute Gasteiger partial charge is 0.491 e. The number of nitrogens with one attached hydrogen (secondary N) is 1. The first-order valence-electron chi connectivity index (χ1n) is 10.5. The maximum atomic E-state index is 12.7. The van der Waals surface area contributed by atoms with Crippen molar-refractivity contribution in [3.8, 4) is 5.75 Å². The van der Waals surface area contributed by atoms with Gasteiger partial charge in [0.15, 0.2) is 0 Å². The quantitative estimate of drug-likeness (QED) is 0.600. The Morgan fingerprint density at radius 1 is 1.23 bits per heavy atom. The van der Waals surface area contributed by atoms with Crippen molar-refractivity contribution in [2.75, 3.05) is 31.6 Å². The van der Waals surface area contributed by atoms with Gasteiger partial charge in [-0.05, 0) is 36.8 Å². The van der Waals surface area contributed by atoms with Crippen LogP contribution in [0.4, 0.5) is 5.82 Å². The van der Waals surface area contributed by atoms with Crippen molar-refractivity contribution >= 4 is 34.1 Å². The predicted molar refractivity (Wildman–Crippen MR) is 123 cm³/mol. The Bertz CT molecular complexity index is 1080. The van der Waals surface area contributed by atoms with E-state index in [0.29, 0.717) is 49.3 Å². The molecule has 31 heavy (non-hydrogen) atoms. The van der Waals surface area contributed by atoms with Gasteiger partial charge in [0.25, 0.3) is 5.91 Å². The monoisotopic (exact) mass is 439 g/mol. The molecule has 1 N–H and O–H groups in total. The first-order chi connectivity index (χ1) is 15.0. The fraction of sp³-hybridized carbons (Fsp3) is 0.333. The number of benzene rings is 2. The molecule has 1 aliphatic heterocycles. The van der Waals surface area contributed by atoms with Gasteiger partial charge in [0, 0.05) is 31.4 Å². The van der Waals surface area contributed by atoms with E-state index in [0.717, 1.165) is 22.1 Å². The van der Waals surface area contributed by atoms with Crippen molar-refractivity contribution < 1.29 is 14.3 Å². The Hall–Kier alpha value is -2.83. The van der Waals surface area contributed by atoms with Gasteiger partial charge >= 0.3 is 0 Å². The van der Waals surface area contributed by atoms with Crippen LogP contribution < -0.4 is 10.1 Å². The summed E-state index contributed by atoms with van der Waals surface area (Å²) in [4.78, 5) is 18.8. The molecule has 0 spiro atoms. The van der Waals surface area contributed by atoms with Gasteiger partial charge in [-0.15, -0.1) is 0 Å². The average Bonchev–Trinajstić information content (AvgIpc) is 2.78. The minimum absolute atomic E-state index is 0.0621. The molecule has 2 aromatic carbocycles. The van der Waals surface area contributed by atoms with E-state index in [1.807, 2.05) is 32.0 Å². The number of carbonyl (C=O) groups is 1. The summed E-state index contributed by atoms with van der Waals surface area (Å²) in [6, 6.07) is 13.9. The Labute approximate surface area is 187 Å². The summed E-state index contributed by atoms with van der Waals surface area (Å²) in [5, 5.41) is 5.97. The van der Waals surface area contributed by atoms with Gasteiger partial charge in [-0.1, -0.05) is 41.9 Å². The van der Waals surface area contributed by atoms with Gasteiger partial charge in [-0.25, -0.2) is 4.98 Å². The summed E-state index contributed by atoms with van der Waals surface area (Å²) in [5.74, 6) is 1.28. The fourth-order valence-corrected chi connectivity index (χ4v) is 3.90. The smallest absolute Gasteiger partial charge is 0.255 e. The molecule has 2 heterocycles. The van der Waals surface area contributed by atoms with E-state index < -0.39 is 0 Å². The molecule has 162 valence electrons. The number of anilines is 1. The van der Waals surface area contributed by atoms with Crippen molar-refractivity contribution in [1.82, 2.24) is 9.88 Å². The summed E-state index contributed by atoms with van der Waals surface area (Å²) in [6.45, 7) is 6.78. The van der Waals surface area contributed by atoms with E-state index in [4.69, 9.17) is 21.1 Å². The van der Waals surface area contributed by atoms with Crippen LogP contribution in [0.5, 0.6) is 5.75 Å². The van der Waals surface area contributed by atoms with E-state index >= 15 is 0 Å². The lowest BCUT2D eigenvalue weighted by Crippen LogP contribution is -2.40. The minimum Gasteiger partial charge on any atom is -0.491 e. The molecule has 0 saturated carbocycles. The Morgan fingerprint density at radius 3 is 2.74 bits per heavy atom. The molecule has 3 aromatic rings. The molecule has 1 aromatic heterocycles. The summed E-state index contributed by atoms with van der Waals surface area (Å²) in [7, 11) is 0. The highest BCUT2D eigenvalue weighted by molar-refractivity contribution is 6.33. The number of carbonyl (C=O) groups excluding carboxylic acids is 1. The van der Waals surface area contributed by atoms with Crippen LogP contribution in [-0.2, 0) is 11.3 Å². The molecule has 1 aliphatic rings. The number of amides is 1. The average molecular weight is 440 g/mol. The first-order valence-corrected chi connectivity index (χ1v) is 10.8. The topological polar surface area (TPSA) is 63.7 Å². The lowest BCUT2D eigenvalue weighted by atomic mass is 10.0. The Kier molecular flexibility index (Phi) is 6.59. The molecule has 0 atom stereocenters. The van der Waals surface area contributed by atoms with Crippen LogP contribution in [0.1, 0.15) is 29.8 Å². The molecule has 1 amide bonds.